The van der Waals surface area contributed by atoms with Gasteiger partial charge in [0.2, 0.25) is 11.8 Å². The molecule has 1 heterocycles. The molecule has 0 aromatic heterocycles. The number of anilines is 1. The second-order valence-electron chi connectivity index (χ2n) is 5.76. The summed E-state index contributed by atoms with van der Waals surface area (Å²) >= 11 is 0. The average Bonchev–Trinajstić information content (AvgIpc) is 2.44. The van der Waals surface area contributed by atoms with Crippen LogP contribution < -0.4 is 4.90 Å². The van der Waals surface area contributed by atoms with Crippen LogP contribution in [0.1, 0.15) is 19.4 Å². The van der Waals surface area contributed by atoms with Crippen LogP contribution in [0.5, 0.6) is 0 Å². The van der Waals surface area contributed by atoms with Crippen LogP contribution in [0.25, 0.3) is 0 Å². The molecule has 1 saturated heterocycles. The first-order valence-corrected chi connectivity index (χ1v) is 6.61. The fourth-order valence-corrected chi connectivity index (χ4v) is 2.31. The first kappa shape index (κ1) is 14.5. The molecule has 108 valence electrons. The van der Waals surface area contributed by atoms with Gasteiger partial charge in [0.05, 0.1) is 19.7 Å². The van der Waals surface area contributed by atoms with E-state index in [1.165, 1.54) is 7.05 Å². The van der Waals surface area contributed by atoms with Crippen molar-refractivity contribution in [2.75, 3.05) is 31.6 Å². The minimum absolute atomic E-state index is 0.000348. The van der Waals surface area contributed by atoms with Gasteiger partial charge < -0.3 is 10.0 Å². The Labute approximate surface area is 118 Å². The van der Waals surface area contributed by atoms with E-state index >= 15 is 0 Å². The van der Waals surface area contributed by atoms with Crippen LogP contribution in [0.4, 0.5) is 5.69 Å². The van der Waals surface area contributed by atoms with Crippen LogP contribution in [-0.4, -0.2) is 48.6 Å². The van der Waals surface area contributed by atoms with Gasteiger partial charge in [0.1, 0.15) is 0 Å². The highest BCUT2D eigenvalue weighted by atomic mass is 16.3. The van der Waals surface area contributed by atoms with Crippen LogP contribution in [0.15, 0.2) is 24.3 Å². The van der Waals surface area contributed by atoms with Crippen LogP contribution in [0, 0.1) is 0 Å². The molecule has 5 heteroatoms. The predicted molar refractivity (Wildman–Crippen MR) is 76.5 cm³/mol. The molecule has 20 heavy (non-hydrogen) atoms. The molecule has 2 amide bonds. The van der Waals surface area contributed by atoms with Gasteiger partial charge in [0.25, 0.3) is 0 Å². The Morgan fingerprint density at radius 2 is 1.70 bits per heavy atom. The van der Waals surface area contributed by atoms with Gasteiger partial charge in [0.15, 0.2) is 0 Å². The van der Waals surface area contributed by atoms with Gasteiger partial charge in [-0.25, -0.2) is 0 Å². The van der Waals surface area contributed by atoms with Gasteiger partial charge in [-0.1, -0.05) is 32.0 Å². The van der Waals surface area contributed by atoms with E-state index in [0.29, 0.717) is 0 Å². The number of nitrogens with zero attached hydrogens (tertiary/aromatic N) is 2. The van der Waals surface area contributed by atoms with Crippen molar-refractivity contribution in [3.8, 4) is 0 Å². The predicted octanol–water partition coefficient (Wildman–Crippen LogP) is 0.761. The van der Waals surface area contributed by atoms with E-state index in [1.54, 1.807) is 4.90 Å². The standard InChI is InChI=1S/C15H20N2O3/c1-15(2,10-18)11-6-4-5-7-12(11)17-8-13(19)16(3)14(20)9-17/h4-7,18H,8-10H2,1-3H3. The quantitative estimate of drug-likeness (QED) is 0.828. The second-order valence-corrected chi connectivity index (χ2v) is 5.76. The van der Waals surface area contributed by atoms with Crippen molar-refractivity contribution in [1.29, 1.82) is 0 Å². The third kappa shape index (κ3) is 2.54. The molecule has 0 spiro atoms. The van der Waals surface area contributed by atoms with Gasteiger partial charge >= 0.3 is 0 Å². The number of rotatable bonds is 3. The lowest BCUT2D eigenvalue weighted by molar-refractivity contribution is -0.143. The molecule has 1 aliphatic heterocycles. The first-order valence-electron chi connectivity index (χ1n) is 6.61. The van der Waals surface area contributed by atoms with Gasteiger partial charge in [0, 0.05) is 18.2 Å². The van der Waals surface area contributed by atoms with Crippen molar-refractivity contribution < 1.29 is 14.7 Å². The van der Waals surface area contributed by atoms with Crippen molar-refractivity contribution in [1.82, 2.24) is 4.90 Å². The zero-order valence-electron chi connectivity index (χ0n) is 12.1. The fraction of sp³-hybridized carbons (Fsp3) is 0.467. The number of aliphatic hydroxyl groups is 1. The maximum absolute atomic E-state index is 11.8. The van der Waals surface area contributed by atoms with Crippen molar-refractivity contribution in [2.45, 2.75) is 19.3 Å². The topological polar surface area (TPSA) is 60.9 Å². The Hall–Kier alpha value is -1.88. The zero-order valence-corrected chi connectivity index (χ0v) is 12.1. The highest BCUT2D eigenvalue weighted by molar-refractivity contribution is 6.02. The van der Waals surface area contributed by atoms with Gasteiger partial charge in [-0.15, -0.1) is 0 Å². The van der Waals surface area contributed by atoms with Crippen molar-refractivity contribution in [3.63, 3.8) is 0 Å². The molecular formula is C15H20N2O3. The molecule has 0 bridgehead atoms. The SMILES string of the molecule is CN1C(=O)CN(c2ccccc2C(C)(C)CO)CC1=O. The summed E-state index contributed by atoms with van der Waals surface area (Å²) in [6.45, 7) is 4.23. The summed E-state index contributed by atoms with van der Waals surface area (Å²) in [5.41, 5.74) is 1.35. The van der Waals surface area contributed by atoms with E-state index in [9.17, 15) is 14.7 Å². The number of likely N-dealkylation sites (N-methyl/N-ethyl adjacent to an activating group) is 1. The second kappa shape index (κ2) is 5.25. The fourth-order valence-electron chi connectivity index (χ4n) is 2.31. The highest BCUT2D eigenvalue weighted by Crippen LogP contribution is 2.32. The van der Waals surface area contributed by atoms with Crippen molar-refractivity contribution in [2.24, 2.45) is 0 Å². The Kier molecular flexibility index (Phi) is 3.81. The normalized spacial score (nSPS) is 16.8. The summed E-state index contributed by atoms with van der Waals surface area (Å²) in [5.74, 6) is -0.421. The third-order valence-corrected chi connectivity index (χ3v) is 3.77. The number of imide groups is 1. The molecule has 0 aliphatic carbocycles. The van der Waals surface area contributed by atoms with Crippen LogP contribution in [-0.2, 0) is 15.0 Å². The number of hydrogen-bond acceptors (Lipinski definition) is 4. The van der Waals surface area contributed by atoms with Crippen molar-refractivity contribution >= 4 is 17.5 Å². The lowest BCUT2D eigenvalue weighted by Gasteiger charge is -2.36. The molecule has 1 aromatic carbocycles. The van der Waals surface area contributed by atoms with Crippen molar-refractivity contribution in [3.05, 3.63) is 29.8 Å². The number of para-hydroxylation sites is 1. The Bertz CT molecular complexity index is 522. The van der Waals surface area contributed by atoms with E-state index < -0.39 is 5.41 Å². The van der Waals surface area contributed by atoms with E-state index in [4.69, 9.17) is 0 Å². The maximum atomic E-state index is 11.8. The Balaban J connectivity index is 2.39. The smallest absolute Gasteiger partial charge is 0.248 e. The highest BCUT2D eigenvalue weighted by Gasteiger charge is 2.31. The zero-order chi connectivity index (χ0) is 14.9. The number of carbonyl (C=O) groups is 2. The molecule has 0 radical (unpaired) electrons. The molecule has 1 aliphatic rings. The number of piperazine rings is 1. The molecule has 1 aromatic rings. The van der Waals surface area contributed by atoms with Crippen LogP contribution in [0.3, 0.4) is 0 Å². The largest absolute Gasteiger partial charge is 0.395 e. The molecule has 0 saturated carbocycles. The molecular weight excluding hydrogens is 256 g/mol. The number of aliphatic hydroxyl groups excluding tert-OH is 1. The summed E-state index contributed by atoms with van der Waals surface area (Å²) in [6.07, 6.45) is 0. The molecule has 0 unspecified atom stereocenters. The summed E-state index contributed by atoms with van der Waals surface area (Å²) in [4.78, 5) is 26.6. The van der Waals surface area contributed by atoms with Crippen LogP contribution in [0.2, 0.25) is 0 Å². The third-order valence-electron chi connectivity index (χ3n) is 3.77. The summed E-state index contributed by atoms with van der Waals surface area (Å²) in [5, 5.41) is 9.56. The first-order chi connectivity index (χ1) is 9.36. The molecule has 2 rings (SSSR count). The van der Waals surface area contributed by atoms with Crippen LogP contribution >= 0.6 is 0 Å². The molecule has 5 nitrogen and oxygen atoms in total. The maximum Gasteiger partial charge on any atom is 0.248 e. The molecule has 1 fully saturated rings. The monoisotopic (exact) mass is 276 g/mol. The summed E-state index contributed by atoms with van der Waals surface area (Å²) in [6, 6.07) is 7.59. The van der Waals surface area contributed by atoms with Gasteiger partial charge in [-0.3, -0.25) is 14.5 Å². The number of amides is 2. The summed E-state index contributed by atoms with van der Waals surface area (Å²) < 4.78 is 0. The van der Waals surface area contributed by atoms with E-state index in [1.807, 2.05) is 38.1 Å². The lowest BCUT2D eigenvalue weighted by Crippen LogP contribution is -2.52. The lowest BCUT2D eigenvalue weighted by atomic mass is 9.84. The number of carbonyl (C=O) groups excluding carboxylic acids is 2. The Morgan fingerprint density at radius 1 is 1.15 bits per heavy atom. The number of hydrogen-bond donors (Lipinski definition) is 1. The summed E-state index contributed by atoms with van der Waals surface area (Å²) in [7, 11) is 1.51. The minimum atomic E-state index is -0.425. The Morgan fingerprint density at radius 3 is 2.25 bits per heavy atom. The molecule has 1 N–H and O–H groups in total. The average molecular weight is 276 g/mol. The van der Waals surface area contributed by atoms with Gasteiger partial charge in [-0.05, 0) is 11.6 Å². The number of benzene rings is 1. The van der Waals surface area contributed by atoms with Gasteiger partial charge in [-0.2, -0.15) is 0 Å². The van der Waals surface area contributed by atoms with E-state index in [0.717, 1.165) is 16.2 Å². The molecule has 0 atom stereocenters. The minimum Gasteiger partial charge on any atom is -0.395 e. The van der Waals surface area contributed by atoms with E-state index in [-0.39, 0.29) is 31.5 Å². The van der Waals surface area contributed by atoms with E-state index in [2.05, 4.69) is 0 Å².